The topological polar surface area (TPSA) is 46.3 Å². The molecule has 0 spiro atoms. The Hall–Kier alpha value is -0.640. The summed E-state index contributed by atoms with van der Waals surface area (Å²) in [5, 5.41) is 0. The van der Waals surface area contributed by atoms with E-state index in [-0.39, 0.29) is 5.91 Å². The van der Waals surface area contributed by atoms with Crippen molar-refractivity contribution in [2.24, 2.45) is 11.1 Å². The fourth-order valence-electron chi connectivity index (χ4n) is 2.04. The summed E-state index contributed by atoms with van der Waals surface area (Å²) in [6, 6.07) is 0.476. The molecule has 2 fully saturated rings. The molecule has 0 aliphatic heterocycles. The van der Waals surface area contributed by atoms with Gasteiger partial charge in [-0.1, -0.05) is 19.1 Å². The lowest BCUT2D eigenvalue weighted by molar-refractivity contribution is -0.135. The van der Waals surface area contributed by atoms with Gasteiger partial charge in [-0.3, -0.25) is 4.79 Å². The number of carbonyl (C=O) groups excluding carboxylic acids is 1. The van der Waals surface area contributed by atoms with E-state index >= 15 is 0 Å². The SMILES string of the molecule is CCCN(C(=O)C1(C(N)=S)CC1)C1CC1. The van der Waals surface area contributed by atoms with E-state index in [1.165, 1.54) is 0 Å². The first kappa shape index (κ1) is 10.9. The van der Waals surface area contributed by atoms with Crippen LogP contribution < -0.4 is 5.73 Å². The second-order valence-corrected chi connectivity index (χ2v) is 5.12. The molecular weight excluding hydrogens is 208 g/mol. The van der Waals surface area contributed by atoms with Crippen LogP contribution in [0.5, 0.6) is 0 Å². The predicted octanol–water partition coefficient (Wildman–Crippen LogP) is 1.45. The number of hydrogen-bond donors (Lipinski definition) is 1. The van der Waals surface area contributed by atoms with Crippen LogP contribution in [0.15, 0.2) is 0 Å². The highest BCUT2D eigenvalue weighted by Gasteiger charge is 2.55. The van der Waals surface area contributed by atoms with Crippen molar-refractivity contribution in [2.75, 3.05) is 6.54 Å². The summed E-state index contributed by atoms with van der Waals surface area (Å²) in [4.78, 5) is 14.7. The number of rotatable bonds is 5. The second-order valence-electron chi connectivity index (χ2n) is 4.68. The van der Waals surface area contributed by atoms with E-state index in [1.54, 1.807) is 0 Å². The summed E-state index contributed by atoms with van der Waals surface area (Å²) in [5.74, 6) is 0.194. The maximum Gasteiger partial charge on any atom is 0.235 e. The average Bonchev–Trinajstić information content (AvgIpc) is 3.04. The minimum atomic E-state index is -0.451. The van der Waals surface area contributed by atoms with Gasteiger partial charge in [-0.05, 0) is 32.1 Å². The Bertz CT molecular complexity index is 295. The van der Waals surface area contributed by atoms with E-state index < -0.39 is 5.41 Å². The van der Waals surface area contributed by atoms with Gasteiger partial charge in [0.05, 0.1) is 10.4 Å². The number of amides is 1. The van der Waals surface area contributed by atoms with E-state index in [4.69, 9.17) is 18.0 Å². The van der Waals surface area contributed by atoms with Crippen LogP contribution >= 0.6 is 12.2 Å². The molecule has 0 radical (unpaired) electrons. The molecule has 0 atom stereocenters. The van der Waals surface area contributed by atoms with E-state index in [9.17, 15) is 4.79 Å². The molecule has 15 heavy (non-hydrogen) atoms. The van der Waals surface area contributed by atoms with Gasteiger partial charge < -0.3 is 10.6 Å². The third kappa shape index (κ3) is 1.87. The molecule has 0 aromatic carbocycles. The maximum atomic E-state index is 12.3. The molecule has 0 aromatic heterocycles. The van der Waals surface area contributed by atoms with Gasteiger partial charge in [0.1, 0.15) is 0 Å². The van der Waals surface area contributed by atoms with Gasteiger partial charge in [-0.25, -0.2) is 0 Å². The molecule has 0 aromatic rings. The number of nitrogens with two attached hydrogens (primary N) is 1. The summed E-state index contributed by atoms with van der Waals surface area (Å²) >= 11 is 5.01. The molecule has 0 unspecified atom stereocenters. The summed E-state index contributed by atoms with van der Waals surface area (Å²) in [7, 11) is 0. The smallest absolute Gasteiger partial charge is 0.235 e. The van der Waals surface area contributed by atoms with Crippen LogP contribution in [0.1, 0.15) is 39.0 Å². The lowest BCUT2D eigenvalue weighted by Crippen LogP contribution is -2.44. The molecule has 4 heteroatoms. The molecule has 3 nitrogen and oxygen atoms in total. The summed E-state index contributed by atoms with van der Waals surface area (Å²) in [6.45, 7) is 2.96. The Labute approximate surface area is 96.0 Å². The molecule has 1 amide bonds. The molecule has 2 aliphatic carbocycles. The Morgan fingerprint density at radius 3 is 2.47 bits per heavy atom. The van der Waals surface area contributed by atoms with Gasteiger partial charge in [0.25, 0.3) is 0 Å². The zero-order chi connectivity index (χ0) is 11.1. The Morgan fingerprint density at radius 1 is 1.53 bits per heavy atom. The van der Waals surface area contributed by atoms with E-state index in [0.29, 0.717) is 11.0 Å². The number of hydrogen-bond acceptors (Lipinski definition) is 2. The monoisotopic (exact) mass is 226 g/mol. The summed E-state index contributed by atoms with van der Waals surface area (Å²) < 4.78 is 0. The van der Waals surface area contributed by atoms with Gasteiger partial charge >= 0.3 is 0 Å². The van der Waals surface area contributed by atoms with Crippen molar-refractivity contribution in [2.45, 2.75) is 45.1 Å². The third-order valence-electron chi connectivity index (χ3n) is 3.34. The van der Waals surface area contributed by atoms with Crippen molar-refractivity contribution < 1.29 is 4.79 Å². The van der Waals surface area contributed by atoms with Gasteiger partial charge in [0.2, 0.25) is 5.91 Å². The zero-order valence-electron chi connectivity index (χ0n) is 9.16. The largest absolute Gasteiger partial charge is 0.392 e. The average molecular weight is 226 g/mol. The van der Waals surface area contributed by atoms with Crippen LogP contribution in [-0.4, -0.2) is 28.4 Å². The van der Waals surface area contributed by atoms with Gasteiger partial charge in [-0.2, -0.15) is 0 Å². The maximum absolute atomic E-state index is 12.3. The lowest BCUT2D eigenvalue weighted by atomic mass is 10.1. The minimum absolute atomic E-state index is 0.194. The van der Waals surface area contributed by atoms with Crippen molar-refractivity contribution in [1.82, 2.24) is 4.90 Å². The van der Waals surface area contributed by atoms with Gasteiger partial charge in [0.15, 0.2) is 0 Å². The molecular formula is C11H18N2OS. The summed E-state index contributed by atoms with van der Waals surface area (Å²) in [6.07, 6.45) is 5.02. The highest BCUT2D eigenvalue weighted by atomic mass is 32.1. The normalized spacial score (nSPS) is 22.2. The van der Waals surface area contributed by atoms with E-state index in [0.717, 1.165) is 38.6 Å². The number of thiocarbonyl (C=S) groups is 1. The van der Waals surface area contributed by atoms with Crippen molar-refractivity contribution in [3.8, 4) is 0 Å². The predicted molar refractivity (Wildman–Crippen MR) is 63.5 cm³/mol. The first-order valence-electron chi connectivity index (χ1n) is 5.73. The van der Waals surface area contributed by atoms with Gasteiger partial charge in [-0.15, -0.1) is 0 Å². The highest BCUT2D eigenvalue weighted by Crippen LogP contribution is 2.49. The lowest BCUT2D eigenvalue weighted by Gasteiger charge is -2.26. The molecule has 0 saturated heterocycles. The number of carbonyl (C=O) groups is 1. The second kappa shape index (κ2) is 3.74. The summed E-state index contributed by atoms with van der Waals surface area (Å²) in [5.41, 5.74) is 5.22. The van der Waals surface area contributed by atoms with Crippen LogP contribution in [0, 0.1) is 5.41 Å². The van der Waals surface area contributed by atoms with Crippen molar-refractivity contribution in [3.63, 3.8) is 0 Å². The third-order valence-corrected chi connectivity index (χ3v) is 3.73. The zero-order valence-corrected chi connectivity index (χ0v) is 9.98. The van der Waals surface area contributed by atoms with E-state index in [2.05, 4.69) is 6.92 Å². The quantitative estimate of drug-likeness (QED) is 0.722. The molecule has 84 valence electrons. The van der Waals surface area contributed by atoms with Gasteiger partial charge in [0, 0.05) is 12.6 Å². The molecule has 0 bridgehead atoms. The van der Waals surface area contributed by atoms with Crippen LogP contribution in [0.4, 0.5) is 0 Å². The fraction of sp³-hybridized carbons (Fsp3) is 0.818. The Kier molecular flexibility index (Phi) is 2.71. The number of nitrogens with zero attached hydrogens (tertiary/aromatic N) is 1. The first-order chi connectivity index (χ1) is 7.12. The first-order valence-corrected chi connectivity index (χ1v) is 6.13. The highest BCUT2D eigenvalue weighted by molar-refractivity contribution is 7.80. The van der Waals surface area contributed by atoms with Crippen molar-refractivity contribution in [1.29, 1.82) is 0 Å². The van der Waals surface area contributed by atoms with Crippen LogP contribution in [0.3, 0.4) is 0 Å². The van der Waals surface area contributed by atoms with E-state index in [1.807, 2.05) is 4.90 Å². The van der Waals surface area contributed by atoms with Crippen LogP contribution in [0.25, 0.3) is 0 Å². The molecule has 0 heterocycles. The standard InChI is InChI=1S/C11H18N2OS/c1-2-7-13(8-3-4-8)10(14)11(5-6-11)9(12)15/h8H,2-7H2,1H3,(H2,12,15). The molecule has 2 saturated carbocycles. The van der Waals surface area contributed by atoms with Crippen LogP contribution in [0.2, 0.25) is 0 Å². The molecule has 2 rings (SSSR count). The Morgan fingerprint density at radius 2 is 2.13 bits per heavy atom. The molecule has 2 aliphatic rings. The fourth-order valence-corrected chi connectivity index (χ4v) is 2.33. The minimum Gasteiger partial charge on any atom is -0.392 e. The Balaban J connectivity index is 2.07. The van der Waals surface area contributed by atoms with Crippen molar-refractivity contribution in [3.05, 3.63) is 0 Å². The molecule has 2 N–H and O–H groups in total. The van der Waals surface area contributed by atoms with Crippen LogP contribution in [-0.2, 0) is 4.79 Å². The van der Waals surface area contributed by atoms with Crippen molar-refractivity contribution >= 4 is 23.1 Å².